The monoisotopic (exact) mass is 393 g/mol. The number of aromatic nitrogens is 3. The molecule has 7 heteroatoms. The van der Waals surface area contributed by atoms with E-state index in [2.05, 4.69) is 15.6 Å². The summed E-state index contributed by atoms with van der Waals surface area (Å²) in [5.41, 5.74) is 1.02. The van der Waals surface area contributed by atoms with Crippen molar-refractivity contribution in [3.05, 3.63) is 52.6 Å². The van der Waals surface area contributed by atoms with Gasteiger partial charge >= 0.3 is 0 Å². The number of aliphatic hydroxyl groups excluding tert-OH is 1. The summed E-state index contributed by atoms with van der Waals surface area (Å²) in [7, 11) is 0. The summed E-state index contributed by atoms with van der Waals surface area (Å²) in [6, 6.07) is 7.56. The van der Waals surface area contributed by atoms with Crippen LogP contribution in [0.3, 0.4) is 0 Å². The summed E-state index contributed by atoms with van der Waals surface area (Å²) in [5.74, 6) is 1.82. The molecular formula is C22H27N5O2. The Morgan fingerprint density at radius 3 is 2.79 bits per heavy atom. The second kappa shape index (κ2) is 8.21. The predicted molar refractivity (Wildman–Crippen MR) is 116 cm³/mol. The number of fused-ring (bicyclic) bond motifs is 1. The Hall–Kier alpha value is -2.93. The van der Waals surface area contributed by atoms with E-state index in [4.69, 9.17) is 4.98 Å². The first kappa shape index (κ1) is 19.4. The molecule has 1 aliphatic carbocycles. The van der Waals surface area contributed by atoms with Crippen LogP contribution in [0.4, 0.5) is 17.5 Å². The molecule has 0 spiro atoms. The van der Waals surface area contributed by atoms with Crippen molar-refractivity contribution in [2.24, 2.45) is 0 Å². The summed E-state index contributed by atoms with van der Waals surface area (Å²) < 4.78 is 1.67. The Morgan fingerprint density at radius 1 is 1.21 bits per heavy atom. The number of anilines is 3. The van der Waals surface area contributed by atoms with Gasteiger partial charge in [-0.15, -0.1) is 0 Å². The summed E-state index contributed by atoms with van der Waals surface area (Å²) >= 11 is 0. The van der Waals surface area contributed by atoms with Crippen LogP contribution in [0.15, 0.2) is 41.5 Å². The highest BCUT2D eigenvalue weighted by molar-refractivity contribution is 5.93. The van der Waals surface area contributed by atoms with E-state index < -0.39 is 6.10 Å². The number of nitrogens with zero attached hydrogens (tertiary/aromatic N) is 3. The minimum atomic E-state index is -0.437. The van der Waals surface area contributed by atoms with Crippen LogP contribution in [0.25, 0.3) is 10.8 Å². The molecule has 3 aromatic heterocycles. The Balaban J connectivity index is 1.79. The summed E-state index contributed by atoms with van der Waals surface area (Å²) in [6.45, 7) is 4.54. The molecule has 3 aromatic rings. The van der Waals surface area contributed by atoms with Crippen molar-refractivity contribution in [1.29, 1.82) is 0 Å². The predicted octanol–water partition coefficient (Wildman–Crippen LogP) is 3.58. The number of rotatable bonds is 5. The van der Waals surface area contributed by atoms with Gasteiger partial charge in [-0.1, -0.05) is 12.8 Å². The lowest BCUT2D eigenvalue weighted by molar-refractivity contribution is 0.116. The van der Waals surface area contributed by atoms with Crippen LogP contribution >= 0.6 is 0 Å². The lowest BCUT2D eigenvalue weighted by Crippen LogP contribution is -2.37. The molecule has 0 bridgehead atoms. The molecule has 1 fully saturated rings. The zero-order valence-electron chi connectivity index (χ0n) is 16.9. The molecule has 0 radical (unpaired) electrons. The van der Waals surface area contributed by atoms with Crippen LogP contribution < -0.4 is 16.2 Å². The molecule has 3 N–H and O–H groups in total. The van der Waals surface area contributed by atoms with Crippen molar-refractivity contribution >= 4 is 28.2 Å². The minimum Gasteiger partial charge on any atom is -0.391 e. The summed E-state index contributed by atoms with van der Waals surface area (Å²) in [4.78, 5) is 22.0. The van der Waals surface area contributed by atoms with E-state index in [1.807, 2.05) is 38.1 Å². The lowest BCUT2D eigenvalue weighted by Gasteiger charge is -2.29. The van der Waals surface area contributed by atoms with Crippen molar-refractivity contribution in [3.8, 4) is 0 Å². The first-order valence-corrected chi connectivity index (χ1v) is 10.2. The fourth-order valence-electron chi connectivity index (χ4n) is 3.91. The molecule has 2 atom stereocenters. The van der Waals surface area contributed by atoms with Crippen LogP contribution in [0.1, 0.15) is 38.2 Å². The molecule has 2 unspecified atom stereocenters. The van der Waals surface area contributed by atoms with Gasteiger partial charge in [0.2, 0.25) is 0 Å². The van der Waals surface area contributed by atoms with Gasteiger partial charge in [0, 0.05) is 18.9 Å². The van der Waals surface area contributed by atoms with Crippen LogP contribution in [-0.2, 0) is 6.54 Å². The third-order valence-electron chi connectivity index (χ3n) is 5.52. The van der Waals surface area contributed by atoms with E-state index in [-0.39, 0.29) is 11.6 Å². The Kier molecular flexibility index (Phi) is 5.49. The van der Waals surface area contributed by atoms with Crippen LogP contribution in [-0.4, -0.2) is 31.8 Å². The van der Waals surface area contributed by atoms with E-state index in [1.165, 1.54) is 0 Å². The number of hydrogen-bond donors (Lipinski definition) is 3. The van der Waals surface area contributed by atoms with Crippen molar-refractivity contribution < 1.29 is 5.11 Å². The quantitative estimate of drug-likeness (QED) is 0.614. The van der Waals surface area contributed by atoms with Gasteiger partial charge in [-0.3, -0.25) is 4.79 Å². The van der Waals surface area contributed by atoms with Gasteiger partial charge in [-0.2, -0.15) is 0 Å². The van der Waals surface area contributed by atoms with Crippen LogP contribution in [0, 0.1) is 6.92 Å². The Morgan fingerprint density at radius 2 is 2.03 bits per heavy atom. The molecule has 29 heavy (non-hydrogen) atoms. The average Bonchev–Trinajstić information content (AvgIpc) is 2.70. The van der Waals surface area contributed by atoms with Crippen molar-refractivity contribution in [2.75, 3.05) is 10.6 Å². The maximum Gasteiger partial charge on any atom is 0.262 e. The van der Waals surface area contributed by atoms with E-state index in [1.54, 1.807) is 17.0 Å². The summed E-state index contributed by atoms with van der Waals surface area (Å²) in [6.07, 6.45) is 6.81. The molecule has 3 heterocycles. The molecule has 152 valence electrons. The second-order valence-corrected chi connectivity index (χ2v) is 7.67. The van der Waals surface area contributed by atoms with Crippen LogP contribution in [0.5, 0.6) is 0 Å². The lowest BCUT2D eigenvalue weighted by atomic mass is 9.92. The van der Waals surface area contributed by atoms with Gasteiger partial charge in [0.1, 0.15) is 17.5 Å². The third-order valence-corrected chi connectivity index (χ3v) is 5.52. The second-order valence-electron chi connectivity index (χ2n) is 7.67. The van der Waals surface area contributed by atoms with E-state index in [9.17, 15) is 9.90 Å². The third kappa shape index (κ3) is 4.10. The van der Waals surface area contributed by atoms with E-state index in [0.29, 0.717) is 29.4 Å². The highest BCUT2D eigenvalue weighted by Gasteiger charge is 2.24. The van der Waals surface area contributed by atoms with Gasteiger partial charge in [-0.25, -0.2) is 9.97 Å². The molecule has 7 nitrogen and oxygen atoms in total. The average molecular weight is 393 g/mol. The molecule has 0 aromatic carbocycles. The first-order chi connectivity index (χ1) is 14.0. The maximum absolute atomic E-state index is 13.0. The SMILES string of the molecule is CCn1ccc2cc(Nc3cc(C)ccn3)nc(NC3CCCCC3O)c2c1=O. The maximum atomic E-state index is 13.0. The Bertz CT molecular complexity index is 1080. The standard InChI is InChI=1S/C22H27N5O2/c1-3-27-11-9-15-13-19(25-18-12-14(2)8-10-23-18)26-21(20(15)22(27)29)24-16-6-4-5-7-17(16)28/h8-13,16-17,28H,3-7H2,1-2H3,(H2,23,24,25,26). The minimum absolute atomic E-state index is 0.0782. The zero-order chi connectivity index (χ0) is 20.4. The molecule has 1 aliphatic rings. The highest BCUT2D eigenvalue weighted by Crippen LogP contribution is 2.27. The molecule has 4 rings (SSSR count). The molecule has 0 aliphatic heterocycles. The number of nitrogens with one attached hydrogen (secondary N) is 2. The Labute approximate surface area is 169 Å². The number of aliphatic hydroxyl groups is 1. The van der Waals surface area contributed by atoms with E-state index >= 15 is 0 Å². The zero-order valence-corrected chi connectivity index (χ0v) is 16.9. The van der Waals surface area contributed by atoms with Crippen molar-refractivity contribution in [3.63, 3.8) is 0 Å². The fourth-order valence-corrected chi connectivity index (χ4v) is 3.91. The largest absolute Gasteiger partial charge is 0.391 e. The van der Waals surface area contributed by atoms with E-state index in [0.717, 1.165) is 36.6 Å². The number of aryl methyl sites for hydroxylation is 2. The first-order valence-electron chi connectivity index (χ1n) is 10.2. The molecule has 1 saturated carbocycles. The van der Waals surface area contributed by atoms with Crippen LogP contribution in [0.2, 0.25) is 0 Å². The molecular weight excluding hydrogens is 366 g/mol. The fraction of sp³-hybridized carbons (Fsp3) is 0.409. The van der Waals surface area contributed by atoms with Gasteiger partial charge in [0.25, 0.3) is 5.56 Å². The molecule has 0 saturated heterocycles. The highest BCUT2D eigenvalue weighted by atomic mass is 16.3. The smallest absolute Gasteiger partial charge is 0.262 e. The van der Waals surface area contributed by atoms with Crippen molar-refractivity contribution in [1.82, 2.24) is 14.5 Å². The molecule has 0 amide bonds. The van der Waals surface area contributed by atoms with Gasteiger partial charge in [0.05, 0.1) is 17.5 Å². The number of hydrogen-bond acceptors (Lipinski definition) is 6. The normalized spacial score (nSPS) is 19.3. The summed E-state index contributed by atoms with van der Waals surface area (Å²) in [5, 5.41) is 18.4. The van der Waals surface area contributed by atoms with Gasteiger partial charge in [-0.05, 0) is 61.9 Å². The topological polar surface area (TPSA) is 92.1 Å². The van der Waals surface area contributed by atoms with Gasteiger partial charge in [0.15, 0.2) is 0 Å². The number of pyridine rings is 3. The van der Waals surface area contributed by atoms with Gasteiger partial charge < -0.3 is 20.3 Å². The van der Waals surface area contributed by atoms with Crippen molar-refractivity contribution in [2.45, 2.75) is 58.2 Å².